The molecular formula is C7H9F2NO3S. The molecule has 1 rings (SSSR count). The van der Waals surface area contributed by atoms with E-state index in [1.165, 1.54) is 0 Å². The fourth-order valence-corrected chi connectivity index (χ4v) is 0.666. The lowest BCUT2D eigenvalue weighted by atomic mass is 10.3. The molecule has 0 aliphatic rings. The molecule has 0 amide bonds. The summed E-state index contributed by atoms with van der Waals surface area (Å²) in [5.41, 5.74) is 6.19. The number of nitrogen functional groups attached to an aromatic ring is 1. The van der Waals surface area contributed by atoms with Gasteiger partial charge in [0.15, 0.2) is 0 Å². The molecule has 7 heteroatoms. The topological polar surface area (TPSA) is 69.4 Å². The Bertz CT molecular complexity index is 372. The van der Waals surface area contributed by atoms with E-state index in [0.29, 0.717) is 5.69 Å². The molecule has 0 aromatic heterocycles. The lowest BCUT2D eigenvalue weighted by Crippen LogP contribution is -1.89. The van der Waals surface area contributed by atoms with Crippen molar-refractivity contribution >= 4 is 16.3 Å². The lowest BCUT2D eigenvalue weighted by molar-refractivity contribution is 0.417. The zero-order valence-electron chi connectivity index (χ0n) is 7.28. The minimum Gasteiger partial charge on any atom is -0.495 e. The highest BCUT2D eigenvalue weighted by atomic mass is 32.3. The molecule has 4 nitrogen and oxygen atoms in total. The highest BCUT2D eigenvalue weighted by Gasteiger charge is 1.94. The van der Waals surface area contributed by atoms with Gasteiger partial charge >= 0.3 is 10.6 Å². The maximum atomic E-state index is 9.99. The van der Waals surface area contributed by atoms with Gasteiger partial charge in [0.1, 0.15) is 5.75 Å². The number of ether oxygens (including phenoxy) is 1. The van der Waals surface area contributed by atoms with Gasteiger partial charge in [0.2, 0.25) is 0 Å². The van der Waals surface area contributed by atoms with Gasteiger partial charge in [-0.3, -0.25) is 0 Å². The Morgan fingerprint density at radius 1 is 1.29 bits per heavy atom. The molecule has 0 unspecified atom stereocenters. The molecule has 14 heavy (non-hydrogen) atoms. The molecular weight excluding hydrogens is 216 g/mol. The Kier molecular flexibility index (Phi) is 4.85. The van der Waals surface area contributed by atoms with Crippen molar-refractivity contribution in [2.45, 2.75) is 0 Å². The predicted octanol–water partition coefficient (Wildman–Crippen LogP) is 1.45. The van der Waals surface area contributed by atoms with Crippen molar-refractivity contribution in [1.29, 1.82) is 0 Å². The third-order valence-electron chi connectivity index (χ3n) is 1.14. The van der Waals surface area contributed by atoms with Crippen LogP contribution < -0.4 is 10.5 Å². The summed E-state index contributed by atoms with van der Waals surface area (Å²) in [6.45, 7) is 0. The number of para-hydroxylation sites is 2. The first-order chi connectivity index (χ1) is 6.34. The largest absolute Gasteiger partial charge is 0.495 e. The number of rotatable bonds is 1. The van der Waals surface area contributed by atoms with Crippen LogP contribution in [0.25, 0.3) is 0 Å². The van der Waals surface area contributed by atoms with Gasteiger partial charge < -0.3 is 10.5 Å². The number of benzene rings is 1. The number of hydrogen-bond acceptors (Lipinski definition) is 4. The van der Waals surface area contributed by atoms with Crippen LogP contribution in [0.3, 0.4) is 0 Å². The van der Waals surface area contributed by atoms with Gasteiger partial charge in [-0.25, -0.2) is 0 Å². The third kappa shape index (κ3) is 7.29. The summed E-state index contributed by atoms with van der Waals surface area (Å²) in [6, 6.07) is 7.39. The van der Waals surface area contributed by atoms with Crippen molar-refractivity contribution < 1.29 is 20.9 Å². The van der Waals surface area contributed by atoms with Gasteiger partial charge in [-0.2, -0.15) is 8.42 Å². The summed E-state index contributed by atoms with van der Waals surface area (Å²) in [4.78, 5) is 0. The van der Waals surface area contributed by atoms with Crippen LogP contribution in [0, 0.1) is 0 Å². The minimum atomic E-state index is -5.67. The summed E-state index contributed by atoms with van der Waals surface area (Å²) in [5, 5.41) is 0. The predicted molar refractivity (Wildman–Crippen MR) is 48.5 cm³/mol. The second-order valence-electron chi connectivity index (χ2n) is 2.12. The van der Waals surface area contributed by atoms with E-state index in [9.17, 15) is 7.77 Å². The van der Waals surface area contributed by atoms with Crippen LogP contribution in [0.1, 0.15) is 0 Å². The fraction of sp³-hybridized carbons (Fsp3) is 0.143. The molecule has 0 aliphatic heterocycles. The normalized spacial score (nSPS) is 9.93. The molecule has 0 fully saturated rings. The van der Waals surface area contributed by atoms with E-state index in [1.807, 2.05) is 18.2 Å². The highest BCUT2D eigenvalue weighted by Crippen LogP contribution is 2.18. The van der Waals surface area contributed by atoms with Crippen LogP contribution in [-0.2, 0) is 10.6 Å². The molecule has 2 N–H and O–H groups in total. The highest BCUT2D eigenvalue weighted by molar-refractivity contribution is 7.81. The Balaban J connectivity index is 0.000000292. The van der Waals surface area contributed by atoms with Crippen molar-refractivity contribution in [3.8, 4) is 5.75 Å². The summed E-state index contributed by atoms with van der Waals surface area (Å²) >= 11 is 0. The fourth-order valence-electron chi connectivity index (χ4n) is 0.666. The standard InChI is InChI=1S/C7H9NO.F2O2S/c1-9-7-5-3-2-4-6(7)8;1-5(2,3)4/h2-5H,8H2,1H3;. The molecule has 0 saturated carbocycles. The summed E-state index contributed by atoms with van der Waals surface area (Å²) in [5.74, 6) is 0.734. The van der Waals surface area contributed by atoms with E-state index < -0.39 is 10.6 Å². The number of anilines is 1. The van der Waals surface area contributed by atoms with Crippen LogP contribution in [0.15, 0.2) is 24.3 Å². The molecule has 1 aromatic carbocycles. The van der Waals surface area contributed by atoms with Crippen LogP contribution in [0.2, 0.25) is 0 Å². The van der Waals surface area contributed by atoms with Gasteiger partial charge in [-0.1, -0.05) is 19.9 Å². The minimum absolute atomic E-state index is 0.681. The first-order valence-electron chi connectivity index (χ1n) is 3.37. The zero-order valence-corrected chi connectivity index (χ0v) is 8.09. The van der Waals surface area contributed by atoms with Crippen LogP contribution in [-0.4, -0.2) is 15.5 Å². The molecule has 0 bridgehead atoms. The van der Waals surface area contributed by atoms with Crippen LogP contribution >= 0.6 is 0 Å². The Morgan fingerprint density at radius 3 is 2.00 bits per heavy atom. The SMILES string of the molecule is COc1ccccc1N.O=S(=O)(F)F. The molecule has 80 valence electrons. The van der Waals surface area contributed by atoms with Crippen molar-refractivity contribution in [1.82, 2.24) is 0 Å². The van der Waals surface area contributed by atoms with Crippen molar-refractivity contribution in [3.63, 3.8) is 0 Å². The van der Waals surface area contributed by atoms with Crippen molar-refractivity contribution in [2.24, 2.45) is 0 Å². The third-order valence-corrected chi connectivity index (χ3v) is 1.14. The number of halogens is 2. The maximum Gasteiger partial charge on any atom is 0.476 e. The first-order valence-corrected chi connectivity index (χ1v) is 4.65. The molecule has 0 saturated heterocycles. The zero-order chi connectivity index (χ0) is 11.2. The summed E-state index contributed by atoms with van der Waals surface area (Å²) in [7, 11) is -4.06. The second-order valence-corrected chi connectivity index (χ2v) is 2.88. The smallest absolute Gasteiger partial charge is 0.476 e. The molecule has 0 heterocycles. The average molecular weight is 225 g/mol. The first kappa shape index (κ1) is 12.6. The van der Waals surface area contributed by atoms with Crippen molar-refractivity contribution in [3.05, 3.63) is 24.3 Å². The molecule has 0 radical (unpaired) electrons. The van der Waals surface area contributed by atoms with Gasteiger partial charge in [0.25, 0.3) is 0 Å². The Morgan fingerprint density at radius 2 is 1.71 bits per heavy atom. The van der Waals surface area contributed by atoms with Gasteiger partial charge in [0.05, 0.1) is 12.8 Å². The van der Waals surface area contributed by atoms with E-state index in [0.717, 1.165) is 5.75 Å². The van der Waals surface area contributed by atoms with Crippen LogP contribution in [0.5, 0.6) is 5.75 Å². The maximum absolute atomic E-state index is 9.99. The summed E-state index contributed by atoms with van der Waals surface area (Å²) in [6.07, 6.45) is 0. The molecule has 0 spiro atoms. The number of hydrogen-bond donors (Lipinski definition) is 1. The number of nitrogens with two attached hydrogens (primary N) is 1. The molecule has 1 aromatic rings. The quantitative estimate of drug-likeness (QED) is 0.580. The summed E-state index contributed by atoms with van der Waals surface area (Å²) < 4.78 is 41.5. The number of methoxy groups -OCH3 is 1. The van der Waals surface area contributed by atoms with E-state index in [4.69, 9.17) is 18.9 Å². The molecule has 0 aliphatic carbocycles. The van der Waals surface area contributed by atoms with Crippen LogP contribution in [0.4, 0.5) is 13.5 Å². The van der Waals surface area contributed by atoms with Gasteiger partial charge in [-0.05, 0) is 12.1 Å². The monoisotopic (exact) mass is 225 g/mol. The average Bonchev–Trinajstić information content (AvgIpc) is 2.02. The lowest BCUT2D eigenvalue weighted by Gasteiger charge is -2.00. The van der Waals surface area contributed by atoms with E-state index in [2.05, 4.69) is 0 Å². The Hall–Kier alpha value is -1.37. The molecule has 0 atom stereocenters. The van der Waals surface area contributed by atoms with Gasteiger partial charge in [0, 0.05) is 0 Å². The van der Waals surface area contributed by atoms with E-state index in [-0.39, 0.29) is 0 Å². The second kappa shape index (κ2) is 5.38. The van der Waals surface area contributed by atoms with Gasteiger partial charge in [-0.15, -0.1) is 0 Å². The van der Waals surface area contributed by atoms with E-state index in [1.54, 1.807) is 13.2 Å². The van der Waals surface area contributed by atoms with E-state index >= 15 is 0 Å². The Labute approximate surface area is 80.8 Å². The van der Waals surface area contributed by atoms with Crippen molar-refractivity contribution in [2.75, 3.05) is 12.8 Å².